The van der Waals surface area contributed by atoms with Crippen molar-refractivity contribution in [3.63, 3.8) is 0 Å². The van der Waals surface area contributed by atoms with Crippen molar-refractivity contribution in [2.75, 3.05) is 0 Å². The Morgan fingerprint density at radius 3 is 1.32 bits per heavy atom. The fourth-order valence-electron chi connectivity index (χ4n) is 3.99. The molecule has 0 fully saturated rings. The summed E-state index contributed by atoms with van der Waals surface area (Å²) in [5.41, 5.74) is 0. The van der Waals surface area contributed by atoms with E-state index >= 15 is 0 Å². The van der Waals surface area contributed by atoms with Crippen molar-refractivity contribution in [3.05, 3.63) is 59.2 Å². The van der Waals surface area contributed by atoms with Crippen LogP contribution in [0.2, 0.25) is 0 Å². The lowest BCUT2D eigenvalue weighted by molar-refractivity contribution is 0.475. The Bertz CT molecular complexity index is 1530. The van der Waals surface area contributed by atoms with Gasteiger partial charge in [0.05, 0.1) is 10.7 Å². The summed E-state index contributed by atoms with van der Waals surface area (Å²) in [5, 5.41) is 45.4. The largest absolute Gasteiger partial charge is 0.508 e. The molecule has 0 saturated carbocycles. The molecule has 6 heteroatoms. The van der Waals surface area contributed by atoms with Crippen molar-refractivity contribution < 1.29 is 10.2 Å². The zero-order valence-electron chi connectivity index (χ0n) is 14.3. The van der Waals surface area contributed by atoms with Gasteiger partial charge in [-0.2, -0.15) is 20.5 Å². The third kappa shape index (κ3) is 2.00. The van der Waals surface area contributed by atoms with Crippen LogP contribution < -0.4 is 10.7 Å². The smallest absolute Gasteiger partial charge is 0.206 e. The van der Waals surface area contributed by atoms with Gasteiger partial charge in [0, 0.05) is 21.5 Å². The number of benzene rings is 3. The van der Waals surface area contributed by atoms with Crippen LogP contribution in [0.4, 0.5) is 0 Å². The summed E-state index contributed by atoms with van der Waals surface area (Å²) < 4.78 is 0. The molecular formula is C22H10N4O2. The highest BCUT2D eigenvalue weighted by Gasteiger charge is 2.15. The second kappa shape index (κ2) is 5.54. The van der Waals surface area contributed by atoms with Gasteiger partial charge in [0.25, 0.3) is 0 Å². The molecule has 5 aromatic rings. The lowest BCUT2D eigenvalue weighted by Gasteiger charge is -1.96. The molecular weight excluding hydrogens is 352 g/mol. The van der Waals surface area contributed by atoms with Crippen LogP contribution >= 0.6 is 0 Å². The highest BCUT2D eigenvalue weighted by Crippen LogP contribution is 2.34. The van der Waals surface area contributed by atoms with E-state index in [0.29, 0.717) is 10.7 Å². The predicted octanol–water partition coefficient (Wildman–Crippen LogP) is 3.35. The molecule has 28 heavy (non-hydrogen) atoms. The fraction of sp³-hybridized carbons (Fsp3) is 0. The van der Waals surface area contributed by atoms with Crippen LogP contribution in [-0.2, 0) is 0 Å². The van der Waals surface area contributed by atoms with Gasteiger partial charge in [0.2, 0.25) is 12.4 Å². The van der Waals surface area contributed by atoms with Gasteiger partial charge in [-0.05, 0) is 70.1 Å². The van der Waals surface area contributed by atoms with E-state index in [9.17, 15) is 10.2 Å². The summed E-state index contributed by atoms with van der Waals surface area (Å²) in [7, 11) is 0. The van der Waals surface area contributed by atoms with E-state index in [1.165, 1.54) is 0 Å². The molecule has 0 aliphatic rings. The Kier molecular flexibility index (Phi) is 3.13. The second-order valence-electron chi connectivity index (χ2n) is 6.52. The van der Waals surface area contributed by atoms with E-state index < -0.39 is 0 Å². The number of hydrogen-bond acceptors (Lipinski definition) is 6. The van der Waals surface area contributed by atoms with Crippen LogP contribution in [0.3, 0.4) is 0 Å². The number of nitrogens with zero attached hydrogens (tertiary/aromatic N) is 4. The Labute approximate surface area is 157 Å². The zero-order chi connectivity index (χ0) is 19.4. The van der Waals surface area contributed by atoms with Gasteiger partial charge in [-0.25, -0.2) is 0 Å². The molecule has 0 amide bonds. The molecule has 0 aromatic heterocycles. The first-order chi connectivity index (χ1) is 13.6. The molecule has 0 aliphatic heterocycles. The van der Waals surface area contributed by atoms with Gasteiger partial charge >= 0.3 is 0 Å². The summed E-state index contributed by atoms with van der Waals surface area (Å²) >= 11 is 0. The van der Waals surface area contributed by atoms with Gasteiger partial charge in [0.1, 0.15) is 11.5 Å². The van der Waals surface area contributed by atoms with Gasteiger partial charge in [-0.15, -0.1) is 0 Å². The SMILES string of the molecule is N#CN=c1c2ccc(O)cc2c2cc3c(=NC#N)c4ccc(O)cc4c3cc12. The van der Waals surface area contributed by atoms with Crippen LogP contribution in [0.5, 0.6) is 11.5 Å². The van der Waals surface area contributed by atoms with E-state index in [4.69, 9.17) is 10.5 Å². The summed E-state index contributed by atoms with van der Waals surface area (Å²) in [4.78, 5) is 8.00. The van der Waals surface area contributed by atoms with Gasteiger partial charge in [0.15, 0.2) is 0 Å². The summed E-state index contributed by atoms with van der Waals surface area (Å²) in [6, 6.07) is 13.6. The molecule has 0 radical (unpaired) electrons. The summed E-state index contributed by atoms with van der Waals surface area (Å²) in [5.74, 6) is 0.227. The highest BCUT2D eigenvalue weighted by atomic mass is 16.3. The van der Waals surface area contributed by atoms with E-state index in [1.54, 1.807) is 36.4 Å². The fourth-order valence-corrected chi connectivity index (χ4v) is 3.99. The van der Waals surface area contributed by atoms with E-state index in [-0.39, 0.29) is 11.5 Å². The van der Waals surface area contributed by atoms with Gasteiger partial charge in [-0.3, -0.25) is 0 Å². The second-order valence-corrected chi connectivity index (χ2v) is 6.52. The maximum Gasteiger partial charge on any atom is 0.206 e. The standard InChI is InChI=1S/C22H10N4O2/c23-9-25-21-13-3-1-11(27)5-15(13)17-7-20-18(8-19(17)21)16-6-12(28)2-4-14(16)22(20)26-10-24/h1-8,27-28H. The molecule has 0 unspecified atom stereocenters. The predicted molar refractivity (Wildman–Crippen MR) is 105 cm³/mol. The Hall–Kier alpha value is -4.42. The first kappa shape index (κ1) is 15.8. The van der Waals surface area contributed by atoms with Crippen molar-refractivity contribution in [1.29, 1.82) is 10.5 Å². The first-order valence-corrected chi connectivity index (χ1v) is 8.42. The molecule has 0 saturated heterocycles. The maximum atomic E-state index is 9.94. The minimum absolute atomic E-state index is 0.113. The lowest BCUT2D eigenvalue weighted by Crippen LogP contribution is -1.99. The number of phenolic OH excluding ortho intramolecular Hbond substituents is 2. The summed E-state index contributed by atoms with van der Waals surface area (Å²) in [6.45, 7) is 0. The van der Waals surface area contributed by atoms with Crippen molar-refractivity contribution in [1.82, 2.24) is 0 Å². The topological polar surface area (TPSA) is 113 Å². The highest BCUT2D eigenvalue weighted by molar-refractivity contribution is 6.21. The van der Waals surface area contributed by atoms with Crippen LogP contribution in [0.1, 0.15) is 0 Å². The van der Waals surface area contributed by atoms with Crippen molar-refractivity contribution in [2.24, 2.45) is 9.98 Å². The van der Waals surface area contributed by atoms with Crippen LogP contribution in [-0.4, -0.2) is 10.2 Å². The monoisotopic (exact) mass is 362 g/mol. The van der Waals surface area contributed by atoms with Crippen LogP contribution in [0, 0.1) is 22.9 Å². The molecule has 0 heterocycles. The molecule has 0 aliphatic carbocycles. The number of nitriles is 2. The van der Waals surface area contributed by atoms with Gasteiger partial charge < -0.3 is 10.2 Å². The third-order valence-corrected chi connectivity index (χ3v) is 5.09. The molecule has 5 aromatic carbocycles. The number of hydrogen-bond donors (Lipinski definition) is 2. The van der Waals surface area contributed by atoms with Crippen LogP contribution in [0.15, 0.2) is 58.5 Å². The molecule has 0 spiro atoms. The summed E-state index contributed by atoms with van der Waals surface area (Å²) in [6.07, 6.45) is 3.70. The third-order valence-electron chi connectivity index (χ3n) is 5.09. The Morgan fingerprint density at radius 2 is 0.929 bits per heavy atom. The van der Waals surface area contributed by atoms with E-state index in [2.05, 4.69) is 9.98 Å². The molecule has 0 atom stereocenters. The number of rotatable bonds is 0. The lowest BCUT2D eigenvalue weighted by atomic mass is 10.1. The van der Waals surface area contributed by atoms with Gasteiger partial charge in [-0.1, -0.05) is 0 Å². The Morgan fingerprint density at radius 1 is 0.536 bits per heavy atom. The average molecular weight is 362 g/mol. The number of phenols is 2. The zero-order valence-corrected chi connectivity index (χ0v) is 14.3. The number of aromatic hydroxyl groups is 2. The van der Waals surface area contributed by atoms with Crippen molar-refractivity contribution >= 4 is 43.1 Å². The minimum Gasteiger partial charge on any atom is -0.508 e. The van der Waals surface area contributed by atoms with E-state index in [1.807, 2.05) is 24.5 Å². The maximum absolute atomic E-state index is 9.94. The van der Waals surface area contributed by atoms with Crippen LogP contribution in [0.25, 0.3) is 43.1 Å². The number of fused-ring (bicyclic) bond motifs is 6. The average Bonchev–Trinajstić information content (AvgIpc) is 3.14. The quantitative estimate of drug-likeness (QED) is 0.411. The molecule has 2 N–H and O–H groups in total. The first-order valence-electron chi connectivity index (χ1n) is 8.42. The van der Waals surface area contributed by atoms with Crippen molar-refractivity contribution in [3.8, 4) is 23.9 Å². The molecule has 6 nitrogen and oxygen atoms in total. The van der Waals surface area contributed by atoms with E-state index in [0.717, 1.165) is 43.1 Å². The molecule has 0 bridgehead atoms. The Balaban J connectivity index is 2.14. The van der Waals surface area contributed by atoms with Crippen molar-refractivity contribution in [2.45, 2.75) is 0 Å². The normalized spacial score (nSPS) is 12.9. The molecule has 5 rings (SSSR count). The minimum atomic E-state index is 0.113. The molecule has 130 valence electrons.